The third-order valence-electron chi connectivity index (χ3n) is 3.93. The van der Waals surface area contributed by atoms with Crippen molar-refractivity contribution in [2.75, 3.05) is 5.32 Å². The number of nitrogens with one attached hydrogen (secondary N) is 2. The van der Waals surface area contributed by atoms with E-state index in [0.717, 1.165) is 33.3 Å². The van der Waals surface area contributed by atoms with E-state index >= 15 is 0 Å². The summed E-state index contributed by atoms with van der Waals surface area (Å²) >= 11 is 0. The van der Waals surface area contributed by atoms with Gasteiger partial charge in [-0.15, -0.1) is 0 Å². The number of para-hydroxylation sites is 1. The van der Waals surface area contributed by atoms with E-state index in [1.807, 2.05) is 62.4 Å². The van der Waals surface area contributed by atoms with E-state index in [1.165, 1.54) is 0 Å². The van der Waals surface area contributed by atoms with Crippen LogP contribution in [0.5, 0.6) is 0 Å². The number of nitrogens with zero attached hydrogens (tertiary/aromatic N) is 1. The second-order valence-electron chi connectivity index (χ2n) is 5.73. The van der Waals surface area contributed by atoms with E-state index in [9.17, 15) is 10.1 Å². The lowest BCUT2D eigenvalue weighted by Gasteiger charge is -2.08. The number of carbonyl (C=O) groups is 1. The van der Waals surface area contributed by atoms with E-state index in [4.69, 9.17) is 0 Å². The predicted molar refractivity (Wildman–Crippen MR) is 96.4 cm³/mol. The number of aryl methyl sites for hydroxylation is 2. The molecule has 0 bridgehead atoms. The number of carbonyl (C=O) groups excluding carboxylic acids is 1. The van der Waals surface area contributed by atoms with Crippen molar-refractivity contribution in [3.8, 4) is 6.07 Å². The lowest BCUT2D eigenvalue weighted by atomic mass is 10.1. The molecule has 24 heavy (non-hydrogen) atoms. The average Bonchev–Trinajstić information content (AvgIpc) is 2.99. The minimum atomic E-state index is -0.406. The van der Waals surface area contributed by atoms with Crippen LogP contribution in [0.4, 0.5) is 5.69 Å². The van der Waals surface area contributed by atoms with Gasteiger partial charge in [-0.25, -0.2) is 0 Å². The molecule has 0 atom stereocenters. The van der Waals surface area contributed by atoms with Gasteiger partial charge in [0.15, 0.2) is 0 Å². The molecule has 0 spiro atoms. The fourth-order valence-corrected chi connectivity index (χ4v) is 2.58. The molecule has 4 heteroatoms. The highest BCUT2D eigenvalue weighted by Gasteiger charge is 2.12. The number of aromatic amines is 1. The number of amides is 1. The third kappa shape index (κ3) is 3.06. The summed E-state index contributed by atoms with van der Waals surface area (Å²) in [6, 6.07) is 15.6. The number of aromatic nitrogens is 1. The maximum atomic E-state index is 12.5. The Morgan fingerprint density at radius 3 is 2.79 bits per heavy atom. The number of hydrogen-bond acceptors (Lipinski definition) is 2. The lowest BCUT2D eigenvalue weighted by Crippen LogP contribution is -2.14. The van der Waals surface area contributed by atoms with Gasteiger partial charge in [0, 0.05) is 28.4 Å². The molecule has 3 aromatic rings. The molecule has 1 aromatic heterocycles. The highest BCUT2D eigenvalue weighted by Crippen LogP contribution is 2.21. The summed E-state index contributed by atoms with van der Waals surface area (Å²) in [7, 11) is 0. The number of H-pyrrole nitrogens is 1. The normalized spacial score (nSPS) is 11.3. The molecule has 1 heterocycles. The molecular formula is C20H17N3O. The van der Waals surface area contributed by atoms with Gasteiger partial charge >= 0.3 is 0 Å². The van der Waals surface area contributed by atoms with Gasteiger partial charge in [0.2, 0.25) is 0 Å². The zero-order valence-electron chi connectivity index (χ0n) is 13.6. The first kappa shape index (κ1) is 15.6. The number of benzene rings is 2. The molecule has 2 N–H and O–H groups in total. The number of hydrogen-bond donors (Lipinski definition) is 2. The van der Waals surface area contributed by atoms with Crippen LogP contribution in [0.1, 0.15) is 16.7 Å². The molecule has 0 aliphatic heterocycles. The first-order valence-electron chi connectivity index (χ1n) is 7.65. The minimum absolute atomic E-state index is 0.0701. The van der Waals surface area contributed by atoms with E-state index in [-0.39, 0.29) is 5.57 Å². The quantitative estimate of drug-likeness (QED) is 0.558. The zero-order valence-corrected chi connectivity index (χ0v) is 13.6. The summed E-state index contributed by atoms with van der Waals surface area (Å²) in [6.07, 6.45) is 3.41. The van der Waals surface area contributed by atoms with E-state index in [0.29, 0.717) is 0 Å². The molecule has 2 aromatic carbocycles. The zero-order chi connectivity index (χ0) is 17.1. The van der Waals surface area contributed by atoms with Crippen LogP contribution in [-0.2, 0) is 4.79 Å². The maximum Gasteiger partial charge on any atom is 0.266 e. The van der Waals surface area contributed by atoms with Gasteiger partial charge in [-0.3, -0.25) is 4.79 Å². The van der Waals surface area contributed by atoms with Gasteiger partial charge in [-0.1, -0.05) is 30.3 Å². The Kier molecular flexibility index (Phi) is 4.17. The monoisotopic (exact) mass is 315 g/mol. The summed E-state index contributed by atoms with van der Waals surface area (Å²) < 4.78 is 0. The molecule has 1 amide bonds. The van der Waals surface area contributed by atoms with Crippen molar-refractivity contribution in [3.63, 3.8) is 0 Å². The molecule has 0 aliphatic rings. The summed E-state index contributed by atoms with van der Waals surface area (Å²) in [5.41, 5.74) is 4.59. The Bertz CT molecular complexity index is 990. The Balaban J connectivity index is 1.92. The Morgan fingerprint density at radius 1 is 1.21 bits per heavy atom. The first-order chi connectivity index (χ1) is 11.6. The van der Waals surface area contributed by atoms with Crippen molar-refractivity contribution in [1.82, 2.24) is 4.98 Å². The molecule has 3 rings (SSSR count). The van der Waals surface area contributed by atoms with E-state index < -0.39 is 5.91 Å². The van der Waals surface area contributed by atoms with Gasteiger partial charge < -0.3 is 10.3 Å². The SMILES string of the molecule is Cc1ccc(C)c(NC(=O)/C(C#N)=C\c2c[nH]c3ccccc23)c1. The molecule has 118 valence electrons. The molecule has 0 unspecified atom stereocenters. The molecule has 0 radical (unpaired) electrons. The number of fused-ring (bicyclic) bond motifs is 1. The van der Waals surface area contributed by atoms with Crippen molar-refractivity contribution in [1.29, 1.82) is 5.26 Å². The number of rotatable bonds is 3. The molecule has 0 saturated heterocycles. The van der Waals surface area contributed by atoms with E-state index in [2.05, 4.69) is 10.3 Å². The molecule has 4 nitrogen and oxygen atoms in total. The highest BCUT2D eigenvalue weighted by molar-refractivity contribution is 6.11. The second kappa shape index (κ2) is 6.43. The Hall–Kier alpha value is -3.32. The van der Waals surface area contributed by atoms with Crippen LogP contribution in [0.3, 0.4) is 0 Å². The van der Waals surface area contributed by atoms with Crippen LogP contribution in [0.15, 0.2) is 54.2 Å². The number of nitriles is 1. The molecular weight excluding hydrogens is 298 g/mol. The van der Waals surface area contributed by atoms with Gasteiger partial charge in [0.1, 0.15) is 11.6 Å². The molecule has 0 aliphatic carbocycles. The number of anilines is 1. The van der Waals surface area contributed by atoms with Crippen molar-refractivity contribution in [2.24, 2.45) is 0 Å². The van der Waals surface area contributed by atoms with Gasteiger partial charge in [-0.05, 0) is 43.2 Å². The average molecular weight is 315 g/mol. The van der Waals surface area contributed by atoms with Crippen LogP contribution in [0, 0.1) is 25.2 Å². The molecule has 0 saturated carbocycles. The van der Waals surface area contributed by atoms with Crippen LogP contribution in [-0.4, -0.2) is 10.9 Å². The fraction of sp³-hybridized carbons (Fsp3) is 0.100. The Morgan fingerprint density at radius 2 is 2.00 bits per heavy atom. The van der Waals surface area contributed by atoms with Crippen LogP contribution >= 0.6 is 0 Å². The lowest BCUT2D eigenvalue weighted by molar-refractivity contribution is -0.112. The smallest absolute Gasteiger partial charge is 0.266 e. The summed E-state index contributed by atoms with van der Waals surface area (Å²) in [5, 5.41) is 13.2. The summed E-state index contributed by atoms with van der Waals surface area (Å²) in [6.45, 7) is 3.88. The predicted octanol–water partition coefficient (Wildman–Crippen LogP) is 4.33. The van der Waals surface area contributed by atoms with Gasteiger partial charge in [0.25, 0.3) is 5.91 Å². The minimum Gasteiger partial charge on any atom is -0.361 e. The molecule has 0 fully saturated rings. The highest BCUT2D eigenvalue weighted by atomic mass is 16.1. The largest absolute Gasteiger partial charge is 0.361 e. The van der Waals surface area contributed by atoms with Crippen molar-refractivity contribution < 1.29 is 4.79 Å². The van der Waals surface area contributed by atoms with Crippen LogP contribution in [0.2, 0.25) is 0 Å². The van der Waals surface area contributed by atoms with Crippen LogP contribution in [0.25, 0.3) is 17.0 Å². The Labute approximate surface area is 140 Å². The topological polar surface area (TPSA) is 68.7 Å². The second-order valence-corrected chi connectivity index (χ2v) is 5.73. The summed E-state index contributed by atoms with van der Waals surface area (Å²) in [4.78, 5) is 15.6. The summed E-state index contributed by atoms with van der Waals surface area (Å²) in [5.74, 6) is -0.406. The fourth-order valence-electron chi connectivity index (χ4n) is 2.58. The maximum absolute atomic E-state index is 12.5. The van der Waals surface area contributed by atoms with Crippen molar-refractivity contribution in [3.05, 3.63) is 70.9 Å². The van der Waals surface area contributed by atoms with Gasteiger partial charge in [-0.2, -0.15) is 5.26 Å². The van der Waals surface area contributed by atoms with Crippen molar-refractivity contribution >= 4 is 28.6 Å². The third-order valence-corrected chi connectivity index (χ3v) is 3.93. The van der Waals surface area contributed by atoms with Crippen LogP contribution < -0.4 is 5.32 Å². The first-order valence-corrected chi connectivity index (χ1v) is 7.65. The standard InChI is InChI=1S/C20H17N3O/c1-13-7-8-14(2)19(9-13)23-20(24)15(11-21)10-16-12-22-18-6-4-3-5-17(16)18/h3-10,12,22H,1-2H3,(H,23,24)/b15-10-. The van der Waals surface area contributed by atoms with Gasteiger partial charge in [0.05, 0.1) is 0 Å². The van der Waals surface area contributed by atoms with E-state index in [1.54, 1.807) is 12.3 Å². The van der Waals surface area contributed by atoms with Crippen molar-refractivity contribution in [2.45, 2.75) is 13.8 Å².